The van der Waals surface area contributed by atoms with Gasteiger partial charge in [0.15, 0.2) is 11.6 Å². The van der Waals surface area contributed by atoms with E-state index in [1.807, 2.05) is 0 Å². The van der Waals surface area contributed by atoms with E-state index in [0.29, 0.717) is 6.42 Å². The van der Waals surface area contributed by atoms with Gasteiger partial charge in [-0.15, -0.1) is 0 Å². The number of methoxy groups -OCH3 is 1. The van der Waals surface area contributed by atoms with E-state index in [1.54, 1.807) is 6.92 Å². The van der Waals surface area contributed by atoms with Gasteiger partial charge in [-0.3, -0.25) is 14.4 Å². The maximum atomic E-state index is 11.6. The molecule has 1 atom stereocenters. The van der Waals surface area contributed by atoms with E-state index >= 15 is 0 Å². The first-order valence-electron chi connectivity index (χ1n) is 4.76. The highest BCUT2D eigenvalue weighted by atomic mass is 79.9. The Hall–Kier alpha value is -1.23. The van der Waals surface area contributed by atoms with Crippen LogP contribution in [0.15, 0.2) is 22.2 Å². The average molecular weight is 287 g/mol. The number of hydrogen-bond acceptors (Lipinski definition) is 4. The number of esters is 1. The van der Waals surface area contributed by atoms with Crippen LogP contribution in [-0.4, -0.2) is 24.6 Å². The summed E-state index contributed by atoms with van der Waals surface area (Å²) in [5.41, 5.74) is 0.197. The molecule has 1 aliphatic rings. The fourth-order valence-corrected chi connectivity index (χ4v) is 1.80. The first-order valence-corrected chi connectivity index (χ1v) is 5.55. The van der Waals surface area contributed by atoms with Crippen LogP contribution < -0.4 is 0 Å². The minimum atomic E-state index is -0.668. The van der Waals surface area contributed by atoms with E-state index in [4.69, 9.17) is 0 Å². The lowest BCUT2D eigenvalue weighted by Gasteiger charge is -2.16. The predicted octanol–water partition coefficient (Wildman–Crippen LogP) is 1.54. The van der Waals surface area contributed by atoms with Crippen molar-refractivity contribution >= 4 is 33.5 Å². The van der Waals surface area contributed by atoms with Crippen LogP contribution >= 0.6 is 15.9 Å². The molecule has 1 aliphatic carbocycles. The number of halogens is 1. The Morgan fingerprint density at radius 1 is 1.38 bits per heavy atom. The fourth-order valence-electron chi connectivity index (χ4n) is 1.48. The second-order valence-corrected chi connectivity index (χ2v) is 4.16. The number of allylic oxidation sites excluding steroid dienone is 3. The van der Waals surface area contributed by atoms with E-state index in [1.165, 1.54) is 19.3 Å². The predicted molar refractivity (Wildman–Crippen MR) is 60.9 cm³/mol. The number of carbonyl (C=O) groups is 3. The summed E-state index contributed by atoms with van der Waals surface area (Å²) in [7, 11) is 1.26. The van der Waals surface area contributed by atoms with Crippen LogP contribution in [0.5, 0.6) is 0 Å². The highest BCUT2D eigenvalue weighted by molar-refractivity contribution is 9.12. The summed E-state index contributed by atoms with van der Waals surface area (Å²) in [5, 5.41) is 0. The van der Waals surface area contributed by atoms with E-state index in [-0.39, 0.29) is 21.6 Å². The van der Waals surface area contributed by atoms with Crippen molar-refractivity contribution in [3.63, 3.8) is 0 Å². The van der Waals surface area contributed by atoms with Gasteiger partial charge in [0, 0.05) is 11.6 Å². The third-order valence-electron chi connectivity index (χ3n) is 2.33. The van der Waals surface area contributed by atoms with Crippen LogP contribution in [0, 0.1) is 5.92 Å². The molecule has 0 aliphatic heterocycles. The zero-order valence-corrected chi connectivity index (χ0v) is 10.5. The Morgan fingerprint density at radius 3 is 2.50 bits per heavy atom. The molecule has 0 aromatic rings. The maximum Gasteiger partial charge on any atom is 0.313 e. The molecule has 1 unspecified atom stereocenters. The molecule has 0 aromatic carbocycles. The van der Waals surface area contributed by atoms with Crippen LogP contribution in [0.2, 0.25) is 0 Å². The molecule has 0 amide bonds. The number of carbonyl (C=O) groups excluding carboxylic acids is 3. The van der Waals surface area contributed by atoms with Gasteiger partial charge in [0.1, 0.15) is 0 Å². The van der Waals surface area contributed by atoms with Gasteiger partial charge in [-0.25, -0.2) is 0 Å². The normalized spacial score (nSPS) is 17.7. The minimum Gasteiger partial charge on any atom is -0.469 e. The van der Waals surface area contributed by atoms with E-state index in [0.717, 1.165) is 0 Å². The third kappa shape index (κ3) is 2.47. The molecule has 0 spiro atoms. The lowest BCUT2D eigenvalue weighted by Crippen LogP contribution is -2.24. The van der Waals surface area contributed by atoms with E-state index in [2.05, 4.69) is 20.7 Å². The molecule has 0 aromatic heterocycles. The molecule has 0 fully saturated rings. The summed E-state index contributed by atoms with van der Waals surface area (Å²) in [4.78, 5) is 34.4. The molecule has 0 saturated carbocycles. The van der Waals surface area contributed by atoms with Crippen LogP contribution in [0.1, 0.15) is 13.3 Å². The highest BCUT2D eigenvalue weighted by Crippen LogP contribution is 2.24. The standard InChI is InChI=1S/C11H11BrO4/c1-3-6(11(15)16-2)7-4-10(14)8(12)5-9(7)13/h4-6H,3H2,1-2H3. The van der Waals surface area contributed by atoms with Gasteiger partial charge >= 0.3 is 5.97 Å². The summed E-state index contributed by atoms with van der Waals surface area (Å²) >= 11 is 2.98. The number of rotatable bonds is 3. The van der Waals surface area contributed by atoms with Crippen molar-refractivity contribution in [2.75, 3.05) is 7.11 Å². The van der Waals surface area contributed by atoms with Crippen molar-refractivity contribution in [3.8, 4) is 0 Å². The van der Waals surface area contributed by atoms with Gasteiger partial charge in [0.05, 0.1) is 17.5 Å². The topological polar surface area (TPSA) is 60.4 Å². The first-order chi connectivity index (χ1) is 7.51. The summed E-state index contributed by atoms with van der Waals surface area (Å²) in [6, 6.07) is 0. The Kier molecular flexibility index (Phi) is 4.18. The first kappa shape index (κ1) is 12.8. The van der Waals surface area contributed by atoms with Crippen LogP contribution in [-0.2, 0) is 19.1 Å². The molecule has 4 nitrogen and oxygen atoms in total. The van der Waals surface area contributed by atoms with Gasteiger partial charge in [0.2, 0.25) is 0 Å². The molecule has 0 saturated heterocycles. The van der Waals surface area contributed by atoms with Gasteiger partial charge in [-0.2, -0.15) is 0 Å². The summed E-state index contributed by atoms with van der Waals surface area (Å²) in [6.45, 7) is 1.76. The van der Waals surface area contributed by atoms with Gasteiger partial charge < -0.3 is 4.74 Å². The van der Waals surface area contributed by atoms with Gasteiger partial charge in [0.25, 0.3) is 0 Å². The summed E-state index contributed by atoms with van der Waals surface area (Å²) in [6.07, 6.45) is 2.80. The zero-order chi connectivity index (χ0) is 12.3. The molecular formula is C11H11BrO4. The van der Waals surface area contributed by atoms with Gasteiger partial charge in [-0.1, -0.05) is 6.92 Å². The molecule has 16 heavy (non-hydrogen) atoms. The lowest BCUT2D eigenvalue weighted by molar-refractivity contribution is -0.144. The van der Waals surface area contributed by atoms with E-state index < -0.39 is 11.9 Å². The van der Waals surface area contributed by atoms with Crippen molar-refractivity contribution in [2.24, 2.45) is 5.92 Å². The Labute approximate surface area is 101 Å². The smallest absolute Gasteiger partial charge is 0.313 e. The number of ether oxygens (including phenoxy) is 1. The molecule has 86 valence electrons. The van der Waals surface area contributed by atoms with Crippen molar-refractivity contribution in [1.82, 2.24) is 0 Å². The molecular weight excluding hydrogens is 276 g/mol. The Bertz CT molecular complexity index is 406. The van der Waals surface area contributed by atoms with Gasteiger partial charge in [-0.05, 0) is 28.4 Å². The van der Waals surface area contributed by atoms with Crippen LogP contribution in [0.3, 0.4) is 0 Å². The minimum absolute atomic E-state index is 0.197. The molecule has 0 bridgehead atoms. The molecule has 1 rings (SSSR count). The van der Waals surface area contributed by atoms with Crippen molar-refractivity contribution < 1.29 is 19.1 Å². The summed E-state index contributed by atoms with van der Waals surface area (Å²) in [5.74, 6) is -1.81. The highest BCUT2D eigenvalue weighted by Gasteiger charge is 2.29. The SMILES string of the molecule is CCC(C(=O)OC)C1=CC(=O)C(Br)=CC1=O. The van der Waals surface area contributed by atoms with Crippen molar-refractivity contribution in [2.45, 2.75) is 13.3 Å². The zero-order valence-electron chi connectivity index (χ0n) is 8.95. The quantitative estimate of drug-likeness (QED) is 0.583. The Morgan fingerprint density at radius 2 is 2.00 bits per heavy atom. The fraction of sp³-hybridized carbons (Fsp3) is 0.364. The number of ketones is 2. The maximum absolute atomic E-state index is 11.6. The summed E-state index contributed by atoms with van der Waals surface area (Å²) < 4.78 is 4.80. The van der Waals surface area contributed by atoms with E-state index in [9.17, 15) is 14.4 Å². The monoisotopic (exact) mass is 286 g/mol. The van der Waals surface area contributed by atoms with Crippen LogP contribution in [0.25, 0.3) is 0 Å². The molecule has 5 heteroatoms. The van der Waals surface area contributed by atoms with Crippen molar-refractivity contribution in [3.05, 3.63) is 22.2 Å². The third-order valence-corrected chi connectivity index (χ3v) is 2.95. The molecule has 0 N–H and O–H groups in total. The molecule has 0 heterocycles. The van der Waals surface area contributed by atoms with Crippen LogP contribution in [0.4, 0.5) is 0 Å². The number of hydrogen-bond donors (Lipinski definition) is 0. The second kappa shape index (κ2) is 5.21. The Balaban J connectivity index is 3.04. The van der Waals surface area contributed by atoms with Crippen molar-refractivity contribution in [1.29, 1.82) is 0 Å². The second-order valence-electron chi connectivity index (χ2n) is 3.30. The average Bonchev–Trinajstić information content (AvgIpc) is 2.26. The lowest BCUT2D eigenvalue weighted by atomic mass is 9.89. The molecule has 0 radical (unpaired) electrons. The largest absolute Gasteiger partial charge is 0.469 e.